The summed E-state index contributed by atoms with van der Waals surface area (Å²) in [6.45, 7) is 8.30. The van der Waals surface area contributed by atoms with Crippen LogP contribution in [0.25, 0.3) is 11.0 Å². The van der Waals surface area contributed by atoms with Crippen molar-refractivity contribution in [3.63, 3.8) is 0 Å². The summed E-state index contributed by atoms with van der Waals surface area (Å²) < 4.78 is 7.49. The Morgan fingerprint density at radius 1 is 1.15 bits per heavy atom. The molecule has 2 heterocycles. The minimum atomic E-state index is -0.323. The molecule has 0 aliphatic carbocycles. The lowest BCUT2D eigenvalue weighted by Crippen LogP contribution is -2.17. The lowest BCUT2D eigenvalue weighted by molar-refractivity contribution is 0.549. The first kappa shape index (κ1) is 18.5. The molecule has 3 aromatic rings. The quantitative estimate of drug-likeness (QED) is 0.499. The fourth-order valence-corrected chi connectivity index (χ4v) is 3.92. The third-order valence-electron chi connectivity index (χ3n) is 4.36. The molecule has 138 valence electrons. The van der Waals surface area contributed by atoms with Crippen LogP contribution in [0.1, 0.15) is 36.6 Å². The second-order valence-corrected chi connectivity index (χ2v) is 7.90. The number of hydrogen-bond donors (Lipinski definition) is 0. The van der Waals surface area contributed by atoms with Crippen molar-refractivity contribution in [3.8, 4) is 0 Å². The van der Waals surface area contributed by atoms with Crippen LogP contribution in [0.2, 0.25) is 0 Å². The predicted molar refractivity (Wildman–Crippen MR) is 106 cm³/mol. The molecule has 0 aliphatic heterocycles. The molecule has 6 nitrogen and oxygen atoms in total. The van der Waals surface area contributed by atoms with Gasteiger partial charge in [-0.2, -0.15) is 0 Å². The smallest absolute Gasteiger partial charge is 0.336 e. The predicted octanol–water partition coefficient (Wildman–Crippen LogP) is 3.94. The molecule has 7 heteroatoms. The summed E-state index contributed by atoms with van der Waals surface area (Å²) in [5.74, 6) is 1.45. The van der Waals surface area contributed by atoms with Crippen LogP contribution >= 0.6 is 11.8 Å². The number of benzene rings is 1. The van der Waals surface area contributed by atoms with E-state index in [-0.39, 0.29) is 11.7 Å². The summed E-state index contributed by atoms with van der Waals surface area (Å²) >= 11 is 1.58. The molecule has 0 saturated carbocycles. The van der Waals surface area contributed by atoms with E-state index in [1.807, 2.05) is 32.0 Å². The molecule has 0 atom stereocenters. The van der Waals surface area contributed by atoms with Crippen molar-refractivity contribution < 1.29 is 4.42 Å². The topological polar surface area (TPSA) is 64.2 Å². The third kappa shape index (κ3) is 3.49. The fraction of sp³-hybridized carbons (Fsp3) is 0.421. The number of anilines is 1. The van der Waals surface area contributed by atoms with E-state index in [0.29, 0.717) is 11.3 Å². The Hall–Kier alpha value is -2.28. The molecule has 26 heavy (non-hydrogen) atoms. The van der Waals surface area contributed by atoms with Crippen LogP contribution in [0.5, 0.6) is 0 Å². The van der Waals surface area contributed by atoms with Crippen molar-refractivity contribution in [2.24, 2.45) is 0 Å². The molecule has 0 saturated heterocycles. The maximum atomic E-state index is 12.0. The van der Waals surface area contributed by atoms with Gasteiger partial charge in [-0.15, -0.1) is 10.2 Å². The number of nitrogens with zero attached hydrogens (tertiary/aromatic N) is 4. The van der Waals surface area contributed by atoms with E-state index in [2.05, 4.69) is 41.6 Å². The van der Waals surface area contributed by atoms with Gasteiger partial charge in [-0.1, -0.05) is 11.8 Å². The van der Waals surface area contributed by atoms with Gasteiger partial charge in [0.2, 0.25) is 5.95 Å². The Bertz CT molecular complexity index is 1000. The van der Waals surface area contributed by atoms with E-state index in [0.717, 1.165) is 27.6 Å². The van der Waals surface area contributed by atoms with Crippen LogP contribution < -0.4 is 10.5 Å². The minimum absolute atomic E-state index is 0.243. The van der Waals surface area contributed by atoms with Crippen molar-refractivity contribution in [1.82, 2.24) is 14.8 Å². The Kier molecular flexibility index (Phi) is 5.09. The Balaban J connectivity index is 1.98. The largest absolute Gasteiger partial charge is 0.423 e. The first-order chi connectivity index (χ1) is 12.3. The maximum absolute atomic E-state index is 12.0. The number of aromatic nitrogens is 3. The lowest BCUT2D eigenvalue weighted by atomic mass is 10.0. The van der Waals surface area contributed by atoms with E-state index >= 15 is 0 Å². The first-order valence-corrected chi connectivity index (χ1v) is 9.55. The van der Waals surface area contributed by atoms with E-state index in [9.17, 15) is 4.79 Å². The molecular formula is C19H24N4O2S. The zero-order chi connectivity index (χ0) is 19.0. The van der Waals surface area contributed by atoms with E-state index < -0.39 is 0 Å². The summed E-state index contributed by atoms with van der Waals surface area (Å²) in [6.07, 6.45) is 0. The Morgan fingerprint density at radius 2 is 1.85 bits per heavy atom. The van der Waals surface area contributed by atoms with Crippen molar-refractivity contribution in [3.05, 3.63) is 45.3 Å². The molecule has 0 N–H and O–H groups in total. The Labute approximate surface area is 157 Å². The summed E-state index contributed by atoms with van der Waals surface area (Å²) in [6, 6.07) is 5.84. The zero-order valence-corrected chi connectivity index (χ0v) is 16.8. The molecule has 0 amide bonds. The first-order valence-electron chi connectivity index (χ1n) is 8.57. The van der Waals surface area contributed by atoms with Crippen molar-refractivity contribution >= 4 is 28.7 Å². The second-order valence-electron chi connectivity index (χ2n) is 6.95. The molecular weight excluding hydrogens is 348 g/mol. The molecule has 0 radical (unpaired) electrons. The summed E-state index contributed by atoms with van der Waals surface area (Å²) in [5.41, 5.74) is 3.55. The van der Waals surface area contributed by atoms with Gasteiger partial charge in [0.25, 0.3) is 0 Å². The number of hydrogen-bond acceptors (Lipinski definition) is 6. The lowest BCUT2D eigenvalue weighted by Gasteiger charge is -2.17. The molecule has 0 spiro atoms. The standard InChI is InChI=1S/C19H24N4O2S/c1-11(2)23-18(22(5)6)20-21-19(23)26-10-14-9-17(24)25-16-8-13(4)12(3)7-15(14)16/h7-9,11H,10H2,1-6H3. The average molecular weight is 372 g/mol. The van der Waals surface area contributed by atoms with Gasteiger partial charge in [0.1, 0.15) is 5.58 Å². The molecule has 0 aliphatic rings. The minimum Gasteiger partial charge on any atom is -0.423 e. The van der Waals surface area contributed by atoms with Crippen LogP contribution in [0, 0.1) is 13.8 Å². The normalized spacial score (nSPS) is 11.5. The SMILES string of the molecule is Cc1cc2oc(=O)cc(CSc3nnc(N(C)C)n3C(C)C)c2cc1C. The second kappa shape index (κ2) is 7.15. The maximum Gasteiger partial charge on any atom is 0.336 e. The highest BCUT2D eigenvalue weighted by Gasteiger charge is 2.17. The summed E-state index contributed by atoms with van der Waals surface area (Å²) in [7, 11) is 3.91. The number of rotatable bonds is 5. The molecule has 0 bridgehead atoms. The molecule has 0 unspecified atom stereocenters. The molecule has 2 aromatic heterocycles. The van der Waals surface area contributed by atoms with E-state index in [4.69, 9.17) is 4.42 Å². The van der Waals surface area contributed by atoms with Gasteiger partial charge in [0.05, 0.1) is 0 Å². The van der Waals surface area contributed by atoms with Crippen molar-refractivity contribution in [2.75, 3.05) is 19.0 Å². The Morgan fingerprint density at radius 3 is 2.50 bits per heavy atom. The van der Waals surface area contributed by atoms with Gasteiger partial charge in [0.15, 0.2) is 5.16 Å². The van der Waals surface area contributed by atoms with Crippen LogP contribution in [0.15, 0.2) is 32.6 Å². The fourth-order valence-electron chi connectivity index (χ4n) is 2.87. The van der Waals surface area contributed by atoms with Gasteiger partial charge >= 0.3 is 5.63 Å². The van der Waals surface area contributed by atoms with Gasteiger partial charge in [-0.05, 0) is 56.5 Å². The number of thioether (sulfide) groups is 1. The number of aryl methyl sites for hydroxylation is 2. The van der Waals surface area contributed by atoms with Crippen molar-refractivity contribution in [1.29, 1.82) is 0 Å². The van der Waals surface area contributed by atoms with E-state index in [1.54, 1.807) is 17.8 Å². The highest BCUT2D eigenvalue weighted by molar-refractivity contribution is 7.98. The third-order valence-corrected chi connectivity index (χ3v) is 5.36. The average Bonchev–Trinajstić information content (AvgIpc) is 2.98. The van der Waals surface area contributed by atoms with E-state index in [1.165, 1.54) is 5.56 Å². The van der Waals surface area contributed by atoms with Crippen LogP contribution in [0.4, 0.5) is 5.95 Å². The van der Waals surface area contributed by atoms with Gasteiger partial charge in [0, 0.05) is 37.3 Å². The van der Waals surface area contributed by atoms with Crippen LogP contribution in [0.3, 0.4) is 0 Å². The molecule has 3 rings (SSSR count). The summed E-state index contributed by atoms with van der Waals surface area (Å²) in [4.78, 5) is 13.9. The van der Waals surface area contributed by atoms with Gasteiger partial charge in [-0.25, -0.2) is 4.79 Å². The highest BCUT2D eigenvalue weighted by Crippen LogP contribution is 2.30. The van der Waals surface area contributed by atoms with Crippen LogP contribution in [-0.2, 0) is 5.75 Å². The summed E-state index contributed by atoms with van der Waals surface area (Å²) in [5, 5.41) is 10.5. The zero-order valence-electron chi connectivity index (χ0n) is 16.0. The number of fused-ring (bicyclic) bond motifs is 1. The van der Waals surface area contributed by atoms with Crippen molar-refractivity contribution in [2.45, 2.75) is 44.6 Å². The van der Waals surface area contributed by atoms with Gasteiger partial charge < -0.3 is 9.32 Å². The van der Waals surface area contributed by atoms with Gasteiger partial charge in [-0.3, -0.25) is 4.57 Å². The molecule has 1 aromatic carbocycles. The molecule has 0 fully saturated rings. The monoisotopic (exact) mass is 372 g/mol. The van der Waals surface area contributed by atoms with Crippen LogP contribution in [-0.4, -0.2) is 28.9 Å². The highest BCUT2D eigenvalue weighted by atomic mass is 32.2.